The first-order valence-corrected chi connectivity index (χ1v) is 23.8. The first-order chi connectivity index (χ1) is 36.4. The normalized spacial score (nSPS) is 11.9. The third kappa shape index (κ3) is 22.0. The summed E-state index contributed by atoms with van der Waals surface area (Å²) >= 11 is 0. The van der Waals surface area contributed by atoms with Gasteiger partial charge in [0, 0.05) is 88.4 Å². The molecule has 400 valence electrons. The molecular weight excluding hydrogens is 982 g/mol. The first kappa shape index (κ1) is 57.9. The number of alkyl halides is 3. The maximum atomic E-state index is 12.4. The molecule has 76 heavy (non-hydrogen) atoms. The van der Waals surface area contributed by atoms with E-state index in [-0.39, 0.29) is 17.4 Å². The molecule has 1 heterocycles. The van der Waals surface area contributed by atoms with Crippen LogP contribution >= 0.6 is 0 Å². The minimum absolute atomic E-state index is 0.0496. The van der Waals surface area contributed by atoms with E-state index >= 15 is 0 Å². The van der Waals surface area contributed by atoms with Crippen molar-refractivity contribution in [3.63, 3.8) is 0 Å². The number of morpholine rings is 1. The average Bonchev–Trinajstić information content (AvgIpc) is 3.40. The number of halogens is 3. The molecule has 0 aromatic heterocycles. The van der Waals surface area contributed by atoms with Crippen molar-refractivity contribution >= 4 is 63.2 Å². The second-order valence-electron chi connectivity index (χ2n) is 17.0. The van der Waals surface area contributed by atoms with Crippen LogP contribution in [0.15, 0.2) is 170 Å². The number of likely N-dealkylation sites (N-methyl/N-ethyl adjacent to an activating group) is 1. The zero-order chi connectivity index (χ0) is 54.9. The lowest BCUT2D eigenvalue weighted by atomic mass is 10.2. The maximum absolute atomic E-state index is 12.4. The van der Waals surface area contributed by atoms with Gasteiger partial charge in [-0.05, 0) is 166 Å². The quantitative estimate of drug-likeness (QED) is 0.0446. The lowest BCUT2D eigenvalue weighted by Gasteiger charge is -2.26. The Morgan fingerprint density at radius 1 is 0.513 bits per heavy atom. The molecule has 0 aliphatic carbocycles. The second-order valence-corrected chi connectivity index (χ2v) is 17.0. The Balaban J connectivity index is 0.000000196. The molecule has 1 fully saturated rings. The molecule has 7 aromatic carbocycles. The van der Waals surface area contributed by atoms with Gasteiger partial charge in [0.1, 0.15) is 30.5 Å². The van der Waals surface area contributed by atoms with E-state index < -0.39 is 18.0 Å². The number of nitrogens with one attached hydrogen (secondary N) is 3. The van der Waals surface area contributed by atoms with Crippen molar-refractivity contribution in [3.8, 4) is 17.2 Å². The van der Waals surface area contributed by atoms with Crippen molar-refractivity contribution in [3.05, 3.63) is 187 Å². The van der Waals surface area contributed by atoms with Crippen LogP contribution in [0, 0.1) is 0 Å². The molecule has 7 aromatic rings. The Hall–Kier alpha value is -8.98. The monoisotopic (exact) mass is 1040 g/mol. The van der Waals surface area contributed by atoms with E-state index in [4.69, 9.17) is 42.9 Å². The molecule has 1 aliphatic heterocycles. The minimum atomic E-state index is -4.80. The third-order valence-corrected chi connectivity index (χ3v) is 10.6. The number of ether oxygens (including phenoxy) is 4. The summed E-state index contributed by atoms with van der Waals surface area (Å²) < 4.78 is 56.9. The molecule has 0 radical (unpaired) electrons. The zero-order valence-electron chi connectivity index (χ0n) is 42.1. The standard InChI is InChI=1S/C19H23N3O3.C17H21N3O2.C14H11F3N2O2.C6H8N2/c20-16-4-6-17(7-5-16)21-19(23)15-2-1-3-18(14-15)25-13-10-22-8-11-24-12-9-22;1-20(2)10-11-22-16-5-3-4-13(12-16)17(21)19-15-8-6-14(18)7-9-15;15-14(16,17)21-12-3-1-2-9(8-12)13(20)19-11-6-4-10(18)5-7-11;7-5-1-2-6(8)4-3-5/h1-7,14H,8-13,20H2,(H,21,23);3-9,12H,10-11,18H2,1-2H3,(H,19,21);1-8H,18H2,(H,19,20);1-4H,7-8H2. The predicted octanol–water partition coefficient (Wildman–Crippen LogP) is 8.96. The molecule has 0 saturated carbocycles. The molecule has 0 unspecified atom stereocenters. The highest BCUT2D eigenvalue weighted by atomic mass is 19.4. The van der Waals surface area contributed by atoms with Crippen molar-refractivity contribution in [2.75, 3.05) is 111 Å². The van der Waals surface area contributed by atoms with Crippen molar-refractivity contribution in [2.45, 2.75) is 6.36 Å². The summed E-state index contributed by atoms with van der Waals surface area (Å²) in [5.41, 5.74) is 33.9. The number of carbonyl (C=O) groups excluding carboxylic acids is 3. The van der Waals surface area contributed by atoms with Crippen LogP contribution in [0.4, 0.5) is 58.7 Å². The molecule has 13 N–H and O–H groups in total. The second kappa shape index (κ2) is 29.7. The number of anilines is 8. The van der Waals surface area contributed by atoms with E-state index in [1.165, 1.54) is 12.1 Å². The van der Waals surface area contributed by atoms with Crippen LogP contribution in [-0.4, -0.2) is 101 Å². The fraction of sp³-hybridized carbons (Fsp3) is 0.196. The summed E-state index contributed by atoms with van der Waals surface area (Å²) in [6, 6.07) is 46.7. The van der Waals surface area contributed by atoms with E-state index in [0.29, 0.717) is 70.0 Å². The van der Waals surface area contributed by atoms with Gasteiger partial charge in [-0.1, -0.05) is 18.2 Å². The maximum Gasteiger partial charge on any atom is 0.573 e. The van der Waals surface area contributed by atoms with Crippen LogP contribution in [0.25, 0.3) is 0 Å². The van der Waals surface area contributed by atoms with Gasteiger partial charge in [0.15, 0.2) is 0 Å². The van der Waals surface area contributed by atoms with Gasteiger partial charge in [-0.3, -0.25) is 19.3 Å². The van der Waals surface area contributed by atoms with Crippen molar-refractivity contribution < 1.29 is 46.5 Å². The van der Waals surface area contributed by atoms with E-state index in [1.807, 2.05) is 43.3 Å². The molecule has 1 aliphatic rings. The number of nitrogen functional groups attached to an aromatic ring is 5. The number of rotatable bonds is 15. The Bertz CT molecular complexity index is 2870. The van der Waals surface area contributed by atoms with Crippen molar-refractivity contribution in [1.29, 1.82) is 0 Å². The fourth-order valence-corrected chi connectivity index (χ4v) is 6.56. The van der Waals surface area contributed by atoms with Crippen LogP contribution < -0.4 is 58.8 Å². The fourth-order valence-electron chi connectivity index (χ4n) is 6.56. The molecule has 0 atom stereocenters. The number of hydrogen-bond donors (Lipinski definition) is 8. The van der Waals surface area contributed by atoms with Gasteiger partial charge >= 0.3 is 6.36 Å². The average molecular weight is 1050 g/mol. The Morgan fingerprint density at radius 3 is 1.20 bits per heavy atom. The Kier molecular flexibility index (Phi) is 22.6. The summed E-state index contributed by atoms with van der Waals surface area (Å²) in [4.78, 5) is 40.9. The minimum Gasteiger partial charge on any atom is -0.492 e. The lowest BCUT2D eigenvalue weighted by molar-refractivity contribution is -0.274. The SMILES string of the molecule is CN(C)CCOc1cccc(C(=O)Nc2ccc(N)cc2)c1.Nc1ccc(N)cc1.Nc1ccc(NC(=O)c2cccc(OC(F)(F)F)c2)cc1.Nc1ccc(NC(=O)c2cccc(OCCN3CCOCC3)c2)cc1. The molecule has 20 heteroatoms. The topological polar surface area (TPSA) is 261 Å². The Morgan fingerprint density at radius 2 is 0.842 bits per heavy atom. The number of nitrogens with zero attached hydrogens (tertiary/aromatic N) is 2. The summed E-state index contributed by atoms with van der Waals surface area (Å²) in [6.45, 7) is 6.27. The number of nitrogens with two attached hydrogens (primary N) is 5. The van der Waals surface area contributed by atoms with Gasteiger partial charge < -0.3 is 68.5 Å². The van der Waals surface area contributed by atoms with Gasteiger partial charge in [0.2, 0.25) is 0 Å². The molecule has 17 nitrogen and oxygen atoms in total. The molecule has 0 spiro atoms. The lowest BCUT2D eigenvalue weighted by Crippen LogP contribution is -2.38. The molecule has 8 rings (SSSR count). The number of carbonyl (C=O) groups is 3. The summed E-state index contributed by atoms with van der Waals surface area (Å²) in [6.07, 6.45) is -4.80. The highest BCUT2D eigenvalue weighted by Gasteiger charge is 2.31. The van der Waals surface area contributed by atoms with Gasteiger partial charge in [-0.2, -0.15) is 0 Å². The summed E-state index contributed by atoms with van der Waals surface area (Å²) in [5.74, 6) is 0.0242. The number of benzene rings is 7. The highest BCUT2D eigenvalue weighted by Crippen LogP contribution is 2.24. The Labute approximate surface area is 439 Å². The molecule has 0 bridgehead atoms. The van der Waals surface area contributed by atoms with E-state index in [0.717, 1.165) is 62.9 Å². The van der Waals surface area contributed by atoms with E-state index in [9.17, 15) is 27.6 Å². The van der Waals surface area contributed by atoms with Gasteiger partial charge in [0.05, 0.1) is 13.2 Å². The van der Waals surface area contributed by atoms with Crippen molar-refractivity contribution in [1.82, 2.24) is 9.80 Å². The summed E-state index contributed by atoms with van der Waals surface area (Å²) in [5, 5.41) is 8.22. The van der Waals surface area contributed by atoms with E-state index in [1.54, 1.807) is 121 Å². The zero-order valence-corrected chi connectivity index (χ0v) is 42.1. The molecule has 3 amide bonds. The highest BCUT2D eigenvalue weighted by molar-refractivity contribution is 6.06. The van der Waals surface area contributed by atoms with Crippen LogP contribution in [0.1, 0.15) is 31.1 Å². The third-order valence-electron chi connectivity index (χ3n) is 10.6. The van der Waals surface area contributed by atoms with Crippen LogP contribution in [0.5, 0.6) is 17.2 Å². The molecule has 1 saturated heterocycles. The number of hydrogen-bond acceptors (Lipinski definition) is 14. The number of amides is 3. The van der Waals surface area contributed by atoms with Crippen LogP contribution in [0.3, 0.4) is 0 Å². The largest absolute Gasteiger partial charge is 0.573 e. The summed E-state index contributed by atoms with van der Waals surface area (Å²) in [7, 11) is 3.97. The predicted molar refractivity (Wildman–Crippen MR) is 295 cm³/mol. The van der Waals surface area contributed by atoms with Gasteiger partial charge in [-0.15, -0.1) is 13.2 Å². The van der Waals surface area contributed by atoms with Crippen LogP contribution in [-0.2, 0) is 4.74 Å². The van der Waals surface area contributed by atoms with Crippen molar-refractivity contribution in [2.24, 2.45) is 0 Å². The van der Waals surface area contributed by atoms with Gasteiger partial charge in [0.25, 0.3) is 17.7 Å². The van der Waals surface area contributed by atoms with Gasteiger partial charge in [-0.25, -0.2) is 0 Å². The van der Waals surface area contributed by atoms with Crippen LogP contribution in [0.2, 0.25) is 0 Å². The molecular formula is C56H63F3N10O7. The smallest absolute Gasteiger partial charge is 0.492 e. The van der Waals surface area contributed by atoms with E-state index in [2.05, 4.69) is 25.6 Å². The first-order valence-electron chi connectivity index (χ1n) is 23.8.